The fourth-order valence-electron chi connectivity index (χ4n) is 1.18. The molecule has 0 aliphatic heterocycles. The summed E-state index contributed by atoms with van der Waals surface area (Å²) in [4.78, 5) is 11.5. The van der Waals surface area contributed by atoms with Crippen LogP contribution in [0.1, 0.15) is 54.9 Å². The monoisotopic (exact) mass is 274 g/mol. The zero-order valence-corrected chi connectivity index (χ0v) is 13.1. The van der Waals surface area contributed by atoms with Crippen LogP contribution in [-0.4, -0.2) is 40.0 Å². The van der Waals surface area contributed by atoms with Crippen LogP contribution in [0.25, 0.3) is 0 Å². The molecule has 0 amide bonds. The molecule has 0 radical (unpaired) electrons. The third-order valence-corrected chi connectivity index (χ3v) is 2.92. The van der Waals surface area contributed by atoms with E-state index >= 15 is 0 Å². The van der Waals surface area contributed by atoms with Gasteiger partial charge in [-0.15, -0.1) is 0 Å². The van der Waals surface area contributed by atoms with Crippen LogP contribution in [0.5, 0.6) is 0 Å². The van der Waals surface area contributed by atoms with E-state index in [1.165, 1.54) is 0 Å². The lowest BCUT2D eigenvalue weighted by atomic mass is 9.79. The fourth-order valence-corrected chi connectivity index (χ4v) is 1.18. The highest BCUT2D eigenvalue weighted by molar-refractivity contribution is 6.43. The summed E-state index contributed by atoms with van der Waals surface area (Å²) < 4.78 is 10.5. The van der Waals surface area contributed by atoms with Crippen molar-refractivity contribution in [3.63, 3.8) is 0 Å². The van der Waals surface area contributed by atoms with Crippen LogP contribution in [0, 0.1) is 0 Å². The van der Waals surface area contributed by atoms with Gasteiger partial charge in [0.1, 0.15) is 5.60 Å². The highest BCUT2D eigenvalue weighted by atomic mass is 16.6. The number of hydrogen-bond acceptors (Lipinski definition) is 5. The van der Waals surface area contributed by atoms with Crippen molar-refractivity contribution in [3.05, 3.63) is 0 Å². The first-order valence-electron chi connectivity index (χ1n) is 6.55. The predicted molar refractivity (Wildman–Crippen MR) is 74.7 cm³/mol. The Labute approximate surface area is 116 Å². The van der Waals surface area contributed by atoms with E-state index in [1.54, 1.807) is 48.5 Å². The van der Waals surface area contributed by atoms with Gasteiger partial charge in [0.05, 0.1) is 11.2 Å². The number of carbonyl (C=O) groups is 1. The molecule has 112 valence electrons. The van der Waals surface area contributed by atoms with Gasteiger partial charge in [0.2, 0.25) is 0 Å². The van der Waals surface area contributed by atoms with Crippen LogP contribution in [-0.2, 0) is 14.2 Å². The van der Waals surface area contributed by atoms with E-state index in [9.17, 15) is 14.9 Å². The number of carbonyl (C=O) groups excluding carboxylic acids is 1. The molecule has 19 heavy (non-hydrogen) atoms. The second-order valence-electron chi connectivity index (χ2n) is 6.77. The lowest BCUT2D eigenvalue weighted by Crippen LogP contribution is -2.50. The SMILES string of the molecule is CC(C)(C)OC(=O)CCB(O)OC(C)(C)C(C)(C)O. The van der Waals surface area contributed by atoms with Crippen LogP contribution in [0.2, 0.25) is 6.32 Å². The van der Waals surface area contributed by atoms with E-state index in [0.717, 1.165) is 0 Å². The number of esters is 1. The number of aliphatic hydroxyl groups is 1. The Morgan fingerprint density at radius 3 is 1.95 bits per heavy atom. The van der Waals surface area contributed by atoms with Crippen molar-refractivity contribution < 1.29 is 24.3 Å². The Morgan fingerprint density at radius 2 is 1.58 bits per heavy atom. The topological polar surface area (TPSA) is 76.0 Å². The second kappa shape index (κ2) is 6.24. The maximum Gasteiger partial charge on any atom is 0.455 e. The molecule has 2 N–H and O–H groups in total. The van der Waals surface area contributed by atoms with Crippen molar-refractivity contribution >= 4 is 13.1 Å². The van der Waals surface area contributed by atoms with Crippen molar-refractivity contribution in [2.75, 3.05) is 0 Å². The van der Waals surface area contributed by atoms with Crippen LogP contribution in [0.15, 0.2) is 0 Å². The summed E-state index contributed by atoms with van der Waals surface area (Å²) in [5.74, 6) is -0.379. The maximum absolute atomic E-state index is 11.5. The fraction of sp³-hybridized carbons (Fsp3) is 0.923. The van der Waals surface area contributed by atoms with Crippen molar-refractivity contribution in [2.45, 2.75) is 78.0 Å². The molecule has 0 unspecified atom stereocenters. The Kier molecular flexibility index (Phi) is 6.05. The minimum absolute atomic E-state index is 0.0698. The van der Waals surface area contributed by atoms with E-state index in [0.29, 0.717) is 0 Å². The molecule has 0 bridgehead atoms. The number of ether oxygens (including phenoxy) is 1. The molecule has 0 heterocycles. The summed E-state index contributed by atoms with van der Waals surface area (Å²) in [5.41, 5.74) is -2.55. The van der Waals surface area contributed by atoms with Crippen molar-refractivity contribution in [2.24, 2.45) is 0 Å². The largest absolute Gasteiger partial charge is 0.460 e. The van der Waals surface area contributed by atoms with Gasteiger partial charge in [0.15, 0.2) is 0 Å². The van der Waals surface area contributed by atoms with Gasteiger partial charge >= 0.3 is 13.1 Å². The molecule has 0 spiro atoms. The summed E-state index contributed by atoms with van der Waals surface area (Å²) >= 11 is 0. The summed E-state index contributed by atoms with van der Waals surface area (Å²) in [7, 11) is -1.12. The van der Waals surface area contributed by atoms with E-state index in [1.807, 2.05) is 0 Å². The number of rotatable bonds is 6. The van der Waals surface area contributed by atoms with Crippen molar-refractivity contribution in [1.82, 2.24) is 0 Å². The molecule has 0 saturated carbocycles. The van der Waals surface area contributed by atoms with Gasteiger partial charge in [-0.3, -0.25) is 4.79 Å². The van der Waals surface area contributed by atoms with Gasteiger partial charge in [0.25, 0.3) is 0 Å². The van der Waals surface area contributed by atoms with Crippen molar-refractivity contribution in [3.8, 4) is 0 Å². The zero-order valence-electron chi connectivity index (χ0n) is 13.1. The third-order valence-electron chi connectivity index (χ3n) is 2.92. The minimum atomic E-state index is -1.12. The van der Waals surface area contributed by atoms with E-state index in [2.05, 4.69) is 0 Å². The van der Waals surface area contributed by atoms with Gasteiger partial charge in [-0.05, 0) is 54.8 Å². The third kappa shape index (κ3) is 7.55. The summed E-state index contributed by atoms with van der Waals surface area (Å²) in [6, 6.07) is 0. The van der Waals surface area contributed by atoms with Crippen LogP contribution >= 0.6 is 0 Å². The van der Waals surface area contributed by atoms with Gasteiger partial charge in [0, 0.05) is 6.42 Å². The summed E-state index contributed by atoms with van der Waals surface area (Å²) in [6.45, 7) is 11.9. The molecule has 0 saturated heterocycles. The molecule has 0 rings (SSSR count). The van der Waals surface area contributed by atoms with Crippen LogP contribution in [0.4, 0.5) is 0 Å². The Morgan fingerprint density at radius 1 is 1.11 bits per heavy atom. The standard InChI is InChI=1S/C13H27BO5/c1-11(2,3)18-10(15)8-9-14(17)19-13(6,7)12(4,5)16/h16-17H,8-9H2,1-7H3. The van der Waals surface area contributed by atoms with Gasteiger partial charge in [-0.25, -0.2) is 0 Å². The highest BCUT2D eigenvalue weighted by Gasteiger charge is 2.39. The van der Waals surface area contributed by atoms with Gasteiger partial charge in [-0.1, -0.05) is 0 Å². The molecular formula is C13H27BO5. The molecule has 0 fully saturated rings. The lowest BCUT2D eigenvalue weighted by Gasteiger charge is -2.38. The first kappa shape index (κ1) is 18.4. The maximum atomic E-state index is 11.5. The molecule has 6 heteroatoms. The lowest BCUT2D eigenvalue weighted by molar-refractivity contribution is -0.154. The normalized spacial score (nSPS) is 13.3. The van der Waals surface area contributed by atoms with Crippen LogP contribution in [0.3, 0.4) is 0 Å². The van der Waals surface area contributed by atoms with E-state index in [4.69, 9.17) is 9.39 Å². The smallest absolute Gasteiger partial charge is 0.455 e. The van der Waals surface area contributed by atoms with E-state index < -0.39 is 23.9 Å². The molecular weight excluding hydrogens is 247 g/mol. The summed E-state index contributed by atoms with van der Waals surface area (Å²) in [6.07, 6.45) is 0.203. The average Bonchev–Trinajstić information content (AvgIpc) is 2.09. The Hall–Kier alpha value is -0.585. The predicted octanol–water partition coefficient (Wildman–Crippen LogP) is 1.76. The highest BCUT2D eigenvalue weighted by Crippen LogP contribution is 2.26. The quantitative estimate of drug-likeness (QED) is 0.570. The Balaban J connectivity index is 4.21. The second-order valence-corrected chi connectivity index (χ2v) is 6.77. The van der Waals surface area contributed by atoms with Gasteiger partial charge < -0.3 is 19.5 Å². The molecule has 0 aromatic carbocycles. The first-order valence-corrected chi connectivity index (χ1v) is 6.55. The zero-order chi connectivity index (χ0) is 15.5. The van der Waals surface area contributed by atoms with Crippen molar-refractivity contribution in [1.29, 1.82) is 0 Å². The molecule has 0 atom stereocenters. The molecule has 0 aliphatic carbocycles. The van der Waals surface area contributed by atoms with Crippen LogP contribution < -0.4 is 0 Å². The van der Waals surface area contributed by atoms with Gasteiger partial charge in [-0.2, -0.15) is 0 Å². The molecule has 0 aromatic heterocycles. The first-order chi connectivity index (χ1) is 8.24. The van der Waals surface area contributed by atoms with E-state index in [-0.39, 0.29) is 18.7 Å². The summed E-state index contributed by atoms with van der Waals surface area (Å²) in [5, 5.41) is 19.7. The number of hydrogen-bond donors (Lipinski definition) is 2. The molecule has 0 aromatic rings. The Bertz CT molecular complexity index is 301. The minimum Gasteiger partial charge on any atom is -0.460 e. The average molecular weight is 274 g/mol. The molecule has 5 nitrogen and oxygen atoms in total. The molecule has 0 aliphatic rings.